The number of hydrogen-bond acceptors (Lipinski definition) is 5. The van der Waals surface area contributed by atoms with E-state index in [2.05, 4.69) is 5.32 Å². The number of rotatable bonds is 6. The van der Waals surface area contributed by atoms with E-state index in [0.29, 0.717) is 0 Å². The minimum Gasteiger partial charge on any atom is -0.454 e. The Bertz CT molecular complexity index is 663. The summed E-state index contributed by atoms with van der Waals surface area (Å²) < 4.78 is 18.4. The maximum atomic E-state index is 13.6. The fourth-order valence-corrected chi connectivity index (χ4v) is 1.78. The highest BCUT2D eigenvalue weighted by Crippen LogP contribution is 2.09. The number of carbonyl (C=O) groups excluding carboxylic acids is 4. The average Bonchev–Trinajstić information content (AvgIpc) is 2.55. The lowest BCUT2D eigenvalue weighted by molar-refractivity contribution is -0.151. The zero-order valence-corrected chi connectivity index (χ0v) is 14.1. The van der Waals surface area contributed by atoms with Gasteiger partial charge < -0.3 is 10.1 Å². The van der Waals surface area contributed by atoms with Gasteiger partial charge in [0.05, 0.1) is 5.56 Å². The van der Waals surface area contributed by atoms with Gasteiger partial charge in [-0.3, -0.25) is 25.2 Å². The van der Waals surface area contributed by atoms with Gasteiger partial charge in [-0.25, -0.2) is 9.18 Å². The second-order valence-corrected chi connectivity index (χ2v) is 5.51. The van der Waals surface area contributed by atoms with E-state index in [9.17, 15) is 23.6 Å². The van der Waals surface area contributed by atoms with Crippen molar-refractivity contribution < 1.29 is 28.3 Å². The van der Waals surface area contributed by atoms with Crippen LogP contribution in [0.25, 0.3) is 0 Å². The van der Waals surface area contributed by atoms with Gasteiger partial charge in [0.25, 0.3) is 11.8 Å². The van der Waals surface area contributed by atoms with Crippen molar-refractivity contribution in [3.05, 3.63) is 35.6 Å². The number of nitrogens with one attached hydrogen (secondary N) is 3. The Morgan fingerprint density at radius 3 is 2.32 bits per heavy atom. The van der Waals surface area contributed by atoms with Crippen LogP contribution in [0.15, 0.2) is 24.3 Å². The van der Waals surface area contributed by atoms with Gasteiger partial charge in [0.15, 0.2) is 6.61 Å². The van der Waals surface area contributed by atoms with E-state index in [-0.39, 0.29) is 11.5 Å². The molecule has 0 heterocycles. The third-order valence-corrected chi connectivity index (χ3v) is 3.05. The highest BCUT2D eigenvalue weighted by Gasteiger charge is 2.27. The first-order valence-electron chi connectivity index (χ1n) is 7.49. The fourth-order valence-electron chi connectivity index (χ4n) is 1.78. The molecular weight excluding hydrogens is 333 g/mol. The molecule has 3 N–H and O–H groups in total. The molecule has 1 aromatic carbocycles. The number of ether oxygens (including phenoxy) is 1. The lowest BCUT2D eigenvalue weighted by Gasteiger charge is -2.21. The summed E-state index contributed by atoms with van der Waals surface area (Å²) in [6.07, 6.45) is 0. The quantitative estimate of drug-likeness (QED) is 0.502. The van der Waals surface area contributed by atoms with Gasteiger partial charge in [-0.1, -0.05) is 26.0 Å². The van der Waals surface area contributed by atoms with E-state index in [4.69, 9.17) is 4.74 Å². The van der Waals surface area contributed by atoms with Crippen molar-refractivity contribution in [2.24, 2.45) is 5.92 Å². The van der Waals surface area contributed by atoms with Crippen molar-refractivity contribution in [2.75, 3.05) is 6.61 Å². The van der Waals surface area contributed by atoms with Gasteiger partial charge in [-0.15, -0.1) is 0 Å². The molecule has 0 fully saturated rings. The monoisotopic (exact) mass is 353 g/mol. The number of benzene rings is 1. The number of hydrogen-bond donors (Lipinski definition) is 3. The third-order valence-electron chi connectivity index (χ3n) is 3.05. The minimum atomic E-state index is -1.07. The molecule has 0 aliphatic carbocycles. The molecule has 0 saturated carbocycles. The number of halogens is 1. The van der Waals surface area contributed by atoms with Gasteiger partial charge >= 0.3 is 5.97 Å². The van der Waals surface area contributed by atoms with Crippen molar-refractivity contribution in [2.45, 2.75) is 26.8 Å². The molecule has 0 radical (unpaired) electrons. The van der Waals surface area contributed by atoms with Crippen LogP contribution in [0.2, 0.25) is 0 Å². The van der Waals surface area contributed by atoms with E-state index in [0.717, 1.165) is 6.07 Å². The second kappa shape index (κ2) is 9.36. The molecule has 25 heavy (non-hydrogen) atoms. The van der Waals surface area contributed by atoms with Gasteiger partial charge in [-0.2, -0.15) is 0 Å². The van der Waals surface area contributed by atoms with E-state index in [1.165, 1.54) is 25.1 Å². The van der Waals surface area contributed by atoms with Crippen molar-refractivity contribution in [3.8, 4) is 0 Å². The Balaban J connectivity index is 2.65. The molecule has 8 nitrogen and oxygen atoms in total. The maximum Gasteiger partial charge on any atom is 0.329 e. The smallest absolute Gasteiger partial charge is 0.329 e. The Kier molecular flexibility index (Phi) is 7.51. The van der Waals surface area contributed by atoms with Crippen molar-refractivity contribution in [3.63, 3.8) is 0 Å². The largest absolute Gasteiger partial charge is 0.454 e. The number of hydrazine groups is 1. The molecule has 0 saturated heterocycles. The molecule has 0 unspecified atom stereocenters. The highest BCUT2D eigenvalue weighted by molar-refractivity contribution is 5.97. The molecule has 0 aromatic heterocycles. The first-order valence-corrected chi connectivity index (χ1v) is 7.49. The summed E-state index contributed by atoms with van der Waals surface area (Å²) in [5.41, 5.74) is 3.86. The Morgan fingerprint density at radius 1 is 1.12 bits per heavy atom. The summed E-state index contributed by atoms with van der Waals surface area (Å²) in [6.45, 7) is 3.87. The van der Waals surface area contributed by atoms with Crippen molar-refractivity contribution in [1.82, 2.24) is 16.2 Å². The zero-order chi connectivity index (χ0) is 19.0. The van der Waals surface area contributed by atoms with Gasteiger partial charge in [-0.05, 0) is 18.1 Å². The van der Waals surface area contributed by atoms with E-state index in [1.54, 1.807) is 13.8 Å². The minimum absolute atomic E-state index is 0.204. The predicted molar refractivity (Wildman–Crippen MR) is 85.4 cm³/mol. The molecule has 1 rings (SSSR count). The lowest BCUT2D eigenvalue weighted by Crippen LogP contribution is -2.47. The summed E-state index contributed by atoms with van der Waals surface area (Å²) in [6, 6.07) is 4.28. The van der Waals surface area contributed by atoms with Crippen molar-refractivity contribution in [1.29, 1.82) is 0 Å². The van der Waals surface area contributed by atoms with Crippen LogP contribution in [-0.2, 0) is 19.1 Å². The first-order chi connectivity index (χ1) is 11.7. The normalized spacial score (nSPS) is 11.4. The molecule has 1 atom stereocenters. The number of esters is 1. The summed E-state index contributed by atoms with van der Waals surface area (Å²) in [5.74, 6) is -3.93. The molecule has 9 heteroatoms. The number of amides is 3. The first kappa shape index (κ1) is 20.1. The number of carbonyl (C=O) groups is 4. The van der Waals surface area contributed by atoms with Crippen molar-refractivity contribution >= 4 is 23.7 Å². The molecule has 0 aliphatic rings. The molecule has 0 aliphatic heterocycles. The lowest BCUT2D eigenvalue weighted by atomic mass is 10.0. The summed E-state index contributed by atoms with van der Waals surface area (Å²) >= 11 is 0. The summed E-state index contributed by atoms with van der Waals surface area (Å²) in [4.78, 5) is 46.2. The molecule has 136 valence electrons. The van der Waals surface area contributed by atoms with E-state index in [1.807, 2.05) is 10.9 Å². The van der Waals surface area contributed by atoms with Crippen LogP contribution >= 0.6 is 0 Å². The Morgan fingerprint density at radius 2 is 1.76 bits per heavy atom. The topological polar surface area (TPSA) is 114 Å². The molecule has 0 bridgehead atoms. The summed E-state index contributed by atoms with van der Waals surface area (Å²) in [5, 5.41) is 2.39. The Hall–Kier alpha value is -2.97. The van der Waals surface area contributed by atoms with Crippen LogP contribution in [-0.4, -0.2) is 36.3 Å². The van der Waals surface area contributed by atoms with Crippen LogP contribution in [0.5, 0.6) is 0 Å². The van der Waals surface area contributed by atoms with E-state index >= 15 is 0 Å². The van der Waals surface area contributed by atoms with Gasteiger partial charge in [0, 0.05) is 6.92 Å². The van der Waals surface area contributed by atoms with Crippen LogP contribution in [0.4, 0.5) is 4.39 Å². The van der Waals surface area contributed by atoms with Gasteiger partial charge in [0.1, 0.15) is 11.9 Å². The zero-order valence-electron chi connectivity index (χ0n) is 14.1. The maximum absolute atomic E-state index is 13.6. The Labute approximate surface area is 144 Å². The second-order valence-electron chi connectivity index (χ2n) is 5.51. The molecule has 3 amide bonds. The standard InChI is InChI=1S/C16H20FN3O5/c1-9(2)14(16(24)25-8-13(22)20-19-10(3)21)18-15(23)11-6-4-5-7-12(11)17/h4-7,9,14H,8H2,1-3H3,(H,18,23)(H,19,21)(H,20,22)/t14-/m0/s1. The molecular formula is C16H20FN3O5. The molecule has 1 aromatic rings. The van der Waals surface area contributed by atoms with Crippen LogP contribution < -0.4 is 16.2 Å². The van der Waals surface area contributed by atoms with Crippen LogP contribution in [0.3, 0.4) is 0 Å². The third kappa shape index (κ3) is 6.58. The highest BCUT2D eigenvalue weighted by atomic mass is 19.1. The fraction of sp³-hybridized carbons (Fsp3) is 0.375. The van der Waals surface area contributed by atoms with E-state index < -0.39 is 42.2 Å². The van der Waals surface area contributed by atoms with Gasteiger partial charge in [0.2, 0.25) is 5.91 Å². The van der Waals surface area contributed by atoms with Crippen LogP contribution in [0.1, 0.15) is 31.1 Å². The average molecular weight is 353 g/mol. The SMILES string of the molecule is CC(=O)NNC(=O)COC(=O)[C@@H](NC(=O)c1ccccc1F)C(C)C. The molecule has 0 spiro atoms. The predicted octanol–water partition coefficient (Wildman–Crippen LogP) is 0.291. The summed E-state index contributed by atoms with van der Waals surface area (Å²) in [7, 11) is 0. The van der Waals surface area contributed by atoms with Crippen LogP contribution in [0, 0.1) is 11.7 Å².